The number of hydrogen-bond acceptors (Lipinski definition) is 2. The van der Waals surface area contributed by atoms with Crippen molar-refractivity contribution < 1.29 is 9.18 Å². The van der Waals surface area contributed by atoms with Crippen LogP contribution in [0.2, 0.25) is 0 Å². The molecular formula is C15H17FN2O. The smallest absolute Gasteiger partial charge is 0.232 e. The van der Waals surface area contributed by atoms with Gasteiger partial charge >= 0.3 is 0 Å². The monoisotopic (exact) mass is 260 g/mol. The molecule has 1 aromatic carbocycles. The molecule has 2 rings (SSSR count). The molecule has 0 saturated heterocycles. The Bertz CT molecular complexity index is 500. The fraction of sp³-hybridized carbons (Fsp3) is 0.467. The molecule has 0 aromatic heterocycles. The summed E-state index contributed by atoms with van der Waals surface area (Å²) in [6, 6.07) is 8.24. The summed E-state index contributed by atoms with van der Waals surface area (Å²) in [5, 5.41) is 8.59. The number of benzene rings is 1. The molecule has 1 saturated carbocycles. The Morgan fingerprint density at radius 3 is 2.53 bits per heavy atom. The van der Waals surface area contributed by atoms with Crippen LogP contribution in [0.1, 0.15) is 31.2 Å². The van der Waals surface area contributed by atoms with Gasteiger partial charge in [-0.05, 0) is 30.5 Å². The molecule has 4 heteroatoms. The second-order valence-corrected chi connectivity index (χ2v) is 5.08. The lowest BCUT2D eigenvalue weighted by molar-refractivity contribution is -0.139. The van der Waals surface area contributed by atoms with E-state index in [-0.39, 0.29) is 11.7 Å². The molecular weight excluding hydrogens is 243 g/mol. The highest BCUT2D eigenvalue weighted by atomic mass is 19.1. The summed E-state index contributed by atoms with van der Waals surface area (Å²) in [5.41, 5.74) is 0.381. The van der Waals surface area contributed by atoms with E-state index in [0.717, 1.165) is 24.8 Å². The standard InChI is InChI=1S/C15H17FN2O/c1-18(11-3-10-17)14(19)15(8-2-9-15)12-4-6-13(16)7-5-12/h4-7H,2-3,8-9,11H2,1H3. The molecule has 1 amide bonds. The van der Waals surface area contributed by atoms with Crippen LogP contribution in [0, 0.1) is 17.1 Å². The number of nitrogens with zero attached hydrogens (tertiary/aromatic N) is 2. The summed E-state index contributed by atoms with van der Waals surface area (Å²) in [7, 11) is 1.73. The zero-order valence-corrected chi connectivity index (χ0v) is 11.0. The zero-order valence-electron chi connectivity index (χ0n) is 11.0. The Hall–Kier alpha value is -1.89. The molecule has 1 aliphatic carbocycles. The van der Waals surface area contributed by atoms with Crippen molar-refractivity contribution in [2.45, 2.75) is 31.1 Å². The number of halogens is 1. The van der Waals surface area contributed by atoms with Crippen LogP contribution in [0.25, 0.3) is 0 Å². The fourth-order valence-electron chi connectivity index (χ4n) is 2.61. The first-order valence-electron chi connectivity index (χ1n) is 6.49. The van der Waals surface area contributed by atoms with Crippen LogP contribution in [0.15, 0.2) is 24.3 Å². The van der Waals surface area contributed by atoms with E-state index in [1.807, 2.05) is 6.07 Å². The highest BCUT2D eigenvalue weighted by molar-refractivity contribution is 5.89. The predicted octanol–water partition coefficient (Wildman–Crippen LogP) is 2.62. The number of carbonyl (C=O) groups excluding carboxylic acids is 1. The van der Waals surface area contributed by atoms with Crippen molar-refractivity contribution in [1.82, 2.24) is 4.90 Å². The summed E-state index contributed by atoms with van der Waals surface area (Å²) < 4.78 is 13.0. The largest absolute Gasteiger partial charge is 0.344 e. The zero-order chi connectivity index (χ0) is 13.9. The molecule has 3 nitrogen and oxygen atoms in total. The van der Waals surface area contributed by atoms with Gasteiger partial charge in [-0.1, -0.05) is 18.6 Å². The van der Waals surface area contributed by atoms with Gasteiger partial charge in [-0.2, -0.15) is 5.26 Å². The second-order valence-electron chi connectivity index (χ2n) is 5.08. The summed E-state index contributed by atoms with van der Waals surface area (Å²) in [5.74, 6) is -0.246. The van der Waals surface area contributed by atoms with Crippen molar-refractivity contribution in [3.8, 4) is 6.07 Å². The molecule has 0 aliphatic heterocycles. The molecule has 1 aliphatic rings. The van der Waals surface area contributed by atoms with Crippen molar-refractivity contribution in [2.24, 2.45) is 0 Å². The minimum absolute atomic E-state index is 0.0422. The number of amides is 1. The van der Waals surface area contributed by atoms with Gasteiger partial charge in [-0.3, -0.25) is 4.79 Å². The number of nitriles is 1. The molecule has 0 unspecified atom stereocenters. The molecule has 1 aromatic rings. The number of hydrogen-bond donors (Lipinski definition) is 0. The van der Waals surface area contributed by atoms with Crippen LogP contribution in [-0.2, 0) is 10.2 Å². The van der Waals surface area contributed by atoms with Crippen LogP contribution in [0.5, 0.6) is 0 Å². The van der Waals surface area contributed by atoms with E-state index < -0.39 is 5.41 Å². The van der Waals surface area contributed by atoms with Gasteiger partial charge in [-0.25, -0.2) is 4.39 Å². The van der Waals surface area contributed by atoms with Gasteiger partial charge in [0.05, 0.1) is 17.9 Å². The van der Waals surface area contributed by atoms with Crippen LogP contribution < -0.4 is 0 Å². The normalized spacial score (nSPS) is 16.3. The Morgan fingerprint density at radius 2 is 2.05 bits per heavy atom. The van der Waals surface area contributed by atoms with Gasteiger partial charge in [-0.15, -0.1) is 0 Å². The molecule has 0 radical (unpaired) electrons. The Labute approximate surface area is 112 Å². The Morgan fingerprint density at radius 1 is 1.42 bits per heavy atom. The average Bonchev–Trinajstić information content (AvgIpc) is 2.36. The third-order valence-corrected chi connectivity index (χ3v) is 3.92. The van der Waals surface area contributed by atoms with Crippen LogP contribution in [-0.4, -0.2) is 24.4 Å². The maximum absolute atomic E-state index is 13.0. The molecule has 0 bridgehead atoms. The number of rotatable bonds is 4. The quantitative estimate of drug-likeness (QED) is 0.835. The number of carbonyl (C=O) groups is 1. The van der Waals surface area contributed by atoms with Crippen molar-refractivity contribution in [3.63, 3.8) is 0 Å². The van der Waals surface area contributed by atoms with Gasteiger partial charge in [0.2, 0.25) is 5.91 Å². The SMILES string of the molecule is CN(CCC#N)C(=O)C1(c2ccc(F)cc2)CCC1. The topological polar surface area (TPSA) is 44.1 Å². The first-order valence-corrected chi connectivity index (χ1v) is 6.49. The van der Waals surface area contributed by atoms with Crippen LogP contribution >= 0.6 is 0 Å². The molecule has 0 N–H and O–H groups in total. The number of likely N-dealkylation sites (N-methyl/N-ethyl adjacent to an activating group) is 1. The third kappa shape index (κ3) is 2.46. The van der Waals surface area contributed by atoms with Gasteiger partial charge in [0.25, 0.3) is 0 Å². The fourth-order valence-corrected chi connectivity index (χ4v) is 2.61. The Kier molecular flexibility index (Phi) is 3.84. The van der Waals surface area contributed by atoms with Crippen molar-refractivity contribution >= 4 is 5.91 Å². The summed E-state index contributed by atoms with van der Waals surface area (Å²) in [6.45, 7) is 0.443. The molecule has 0 spiro atoms. The van der Waals surface area contributed by atoms with Gasteiger partial charge in [0.15, 0.2) is 0 Å². The van der Waals surface area contributed by atoms with Crippen molar-refractivity contribution in [2.75, 3.05) is 13.6 Å². The first kappa shape index (κ1) is 13.5. The Balaban J connectivity index is 2.21. The lowest BCUT2D eigenvalue weighted by Gasteiger charge is -2.43. The summed E-state index contributed by atoms with van der Waals surface area (Å²) in [6.07, 6.45) is 2.94. The van der Waals surface area contributed by atoms with E-state index in [9.17, 15) is 9.18 Å². The average molecular weight is 260 g/mol. The predicted molar refractivity (Wildman–Crippen MR) is 69.8 cm³/mol. The molecule has 1 fully saturated rings. The van der Waals surface area contributed by atoms with E-state index in [1.54, 1.807) is 24.1 Å². The minimum atomic E-state index is -0.502. The summed E-state index contributed by atoms with van der Waals surface area (Å²) >= 11 is 0. The van der Waals surface area contributed by atoms with Crippen LogP contribution in [0.3, 0.4) is 0 Å². The first-order chi connectivity index (χ1) is 9.10. The maximum Gasteiger partial charge on any atom is 0.232 e. The van der Waals surface area contributed by atoms with Crippen molar-refractivity contribution in [1.29, 1.82) is 5.26 Å². The van der Waals surface area contributed by atoms with E-state index >= 15 is 0 Å². The molecule has 100 valence electrons. The van der Waals surface area contributed by atoms with E-state index in [1.165, 1.54) is 12.1 Å². The van der Waals surface area contributed by atoms with Gasteiger partial charge < -0.3 is 4.90 Å². The van der Waals surface area contributed by atoms with Crippen LogP contribution in [0.4, 0.5) is 4.39 Å². The van der Waals surface area contributed by atoms with E-state index in [4.69, 9.17) is 5.26 Å². The van der Waals surface area contributed by atoms with Gasteiger partial charge in [0.1, 0.15) is 5.82 Å². The third-order valence-electron chi connectivity index (χ3n) is 3.92. The van der Waals surface area contributed by atoms with Crippen molar-refractivity contribution in [3.05, 3.63) is 35.6 Å². The highest BCUT2D eigenvalue weighted by Gasteiger charge is 2.46. The van der Waals surface area contributed by atoms with E-state index in [0.29, 0.717) is 13.0 Å². The van der Waals surface area contributed by atoms with E-state index in [2.05, 4.69) is 0 Å². The molecule has 0 heterocycles. The molecule has 0 atom stereocenters. The highest BCUT2D eigenvalue weighted by Crippen LogP contribution is 2.45. The second kappa shape index (κ2) is 5.40. The van der Waals surface area contributed by atoms with Gasteiger partial charge in [0, 0.05) is 13.6 Å². The lowest BCUT2D eigenvalue weighted by atomic mass is 9.63. The minimum Gasteiger partial charge on any atom is -0.344 e. The maximum atomic E-state index is 13.0. The summed E-state index contributed by atoms with van der Waals surface area (Å²) in [4.78, 5) is 14.2. The molecule has 19 heavy (non-hydrogen) atoms. The lowest BCUT2D eigenvalue weighted by Crippen LogP contribution is -2.50.